The first-order chi connectivity index (χ1) is 9.47. The SMILES string of the molecule is Nc1cc(F)cc(C(=O)OCc2cccc(F)c2F)c1. The molecule has 0 spiro atoms. The third-order valence-electron chi connectivity index (χ3n) is 2.55. The highest BCUT2D eigenvalue weighted by molar-refractivity contribution is 5.90. The van der Waals surface area contributed by atoms with Gasteiger partial charge in [0, 0.05) is 11.3 Å². The highest BCUT2D eigenvalue weighted by Crippen LogP contribution is 2.15. The topological polar surface area (TPSA) is 52.3 Å². The first kappa shape index (κ1) is 13.9. The summed E-state index contributed by atoms with van der Waals surface area (Å²) in [5, 5.41) is 0. The van der Waals surface area contributed by atoms with Crippen molar-refractivity contribution in [2.75, 3.05) is 5.73 Å². The fraction of sp³-hybridized carbons (Fsp3) is 0.0714. The van der Waals surface area contributed by atoms with Crippen molar-refractivity contribution >= 4 is 11.7 Å². The van der Waals surface area contributed by atoms with Crippen LogP contribution >= 0.6 is 0 Å². The zero-order valence-corrected chi connectivity index (χ0v) is 10.2. The molecule has 0 aliphatic rings. The molecule has 0 aliphatic carbocycles. The fourth-order valence-corrected chi connectivity index (χ4v) is 1.62. The predicted molar refractivity (Wildman–Crippen MR) is 66.3 cm³/mol. The van der Waals surface area contributed by atoms with E-state index in [9.17, 15) is 18.0 Å². The first-order valence-corrected chi connectivity index (χ1v) is 5.63. The van der Waals surface area contributed by atoms with Gasteiger partial charge in [-0.1, -0.05) is 12.1 Å². The number of rotatable bonds is 3. The molecule has 0 saturated heterocycles. The average Bonchev–Trinajstić information content (AvgIpc) is 2.39. The maximum absolute atomic E-state index is 13.3. The molecule has 0 aromatic heterocycles. The van der Waals surface area contributed by atoms with Crippen LogP contribution in [0.5, 0.6) is 0 Å². The summed E-state index contributed by atoms with van der Waals surface area (Å²) in [6.45, 7) is -0.459. The number of nitrogen functional groups attached to an aromatic ring is 1. The number of esters is 1. The predicted octanol–water partition coefficient (Wildman–Crippen LogP) is 3.04. The standard InChI is InChI=1S/C14H10F3NO2/c15-10-4-9(5-11(18)6-10)14(19)20-7-8-2-1-3-12(16)13(8)17/h1-6H,7,18H2. The van der Waals surface area contributed by atoms with Gasteiger partial charge in [-0.3, -0.25) is 0 Å². The van der Waals surface area contributed by atoms with Gasteiger partial charge in [0.05, 0.1) is 5.56 Å². The molecule has 0 unspecified atom stereocenters. The number of benzene rings is 2. The van der Waals surface area contributed by atoms with E-state index in [2.05, 4.69) is 0 Å². The summed E-state index contributed by atoms with van der Waals surface area (Å²) in [7, 11) is 0. The lowest BCUT2D eigenvalue weighted by atomic mass is 10.2. The van der Waals surface area contributed by atoms with Gasteiger partial charge in [-0.25, -0.2) is 18.0 Å². The third-order valence-corrected chi connectivity index (χ3v) is 2.55. The summed E-state index contributed by atoms with van der Waals surface area (Å²) in [6, 6.07) is 6.75. The van der Waals surface area contributed by atoms with E-state index in [0.29, 0.717) is 0 Å². The summed E-state index contributed by atoms with van der Waals surface area (Å²) < 4.78 is 44.2. The fourth-order valence-electron chi connectivity index (χ4n) is 1.62. The minimum atomic E-state index is -1.08. The van der Waals surface area contributed by atoms with Crippen LogP contribution in [-0.2, 0) is 11.3 Å². The number of anilines is 1. The van der Waals surface area contributed by atoms with E-state index in [1.54, 1.807) is 0 Å². The molecule has 0 bridgehead atoms. The van der Waals surface area contributed by atoms with Crippen LogP contribution in [0.25, 0.3) is 0 Å². The Bertz CT molecular complexity index is 639. The molecule has 0 aliphatic heterocycles. The minimum Gasteiger partial charge on any atom is -0.457 e. The summed E-state index contributed by atoms with van der Waals surface area (Å²) in [5.41, 5.74) is 5.25. The van der Waals surface area contributed by atoms with Gasteiger partial charge < -0.3 is 10.5 Å². The van der Waals surface area contributed by atoms with Crippen LogP contribution < -0.4 is 5.73 Å². The molecule has 6 heteroatoms. The maximum Gasteiger partial charge on any atom is 0.338 e. The lowest BCUT2D eigenvalue weighted by Gasteiger charge is -2.07. The Morgan fingerprint density at radius 2 is 1.90 bits per heavy atom. The van der Waals surface area contributed by atoms with Gasteiger partial charge in [0.2, 0.25) is 0 Å². The van der Waals surface area contributed by atoms with E-state index < -0.39 is 30.0 Å². The number of carbonyl (C=O) groups excluding carboxylic acids is 1. The van der Waals surface area contributed by atoms with Gasteiger partial charge in [-0.15, -0.1) is 0 Å². The van der Waals surface area contributed by atoms with Gasteiger partial charge in [0.1, 0.15) is 12.4 Å². The summed E-state index contributed by atoms with van der Waals surface area (Å²) in [6.07, 6.45) is 0. The van der Waals surface area contributed by atoms with E-state index in [4.69, 9.17) is 10.5 Å². The zero-order valence-electron chi connectivity index (χ0n) is 10.2. The number of ether oxygens (including phenoxy) is 1. The van der Waals surface area contributed by atoms with Gasteiger partial charge in [-0.05, 0) is 24.3 Å². The molecule has 3 nitrogen and oxygen atoms in total. The van der Waals surface area contributed by atoms with E-state index in [-0.39, 0.29) is 16.8 Å². The molecule has 2 N–H and O–H groups in total. The van der Waals surface area contributed by atoms with Crippen LogP contribution in [0.3, 0.4) is 0 Å². The van der Waals surface area contributed by atoms with E-state index in [0.717, 1.165) is 18.2 Å². The quantitative estimate of drug-likeness (QED) is 0.695. The van der Waals surface area contributed by atoms with Crippen LogP contribution in [-0.4, -0.2) is 5.97 Å². The maximum atomic E-state index is 13.3. The van der Waals surface area contributed by atoms with E-state index >= 15 is 0 Å². The Labute approximate surface area is 112 Å². The van der Waals surface area contributed by atoms with Crippen molar-refractivity contribution < 1.29 is 22.7 Å². The molecule has 0 saturated carbocycles. The second kappa shape index (κ2) is 5.64. The molecule has 0 heterocycles. The third kappa shape index (κ3) is 3.09. The van der Waals surface area contributed by atoms with Crippen molar-refractivity contribution in [3.63, 3.8) is 0 Å². The number of carbonyl (C=O) groups is 1. The largest absolute Gasteiger partial charge is 0.457 e. The molecular formula is C14H10F3NO2. The summed E-state index contributed by atoms with van der Waals surface area (Å²) in [5.74, 6) is -3.68. The van der Waals surface area contributed by atoms with Crippen molar-refractivity contribution in [2.45, 2.75) is 6.61 Å². The normalized spacial score (nSPS) is 10.3. The lowest BCUT2D eigenvalue weighted by molar-refractivity contribution is 0.0467. The molecule has 2 rings (SSSR count). The number of hydrogen-bond acceptors (Lipinski definition) is 3. The molecule has 0 atom stereocenters. The van der Waals surface area contributed by atoms with Gasteiger partial charge in [-0.2, -0.15) is 0 Å². The monoisotopic (exact) mass is 281 g/mol. The first-order valence-electron chi connectivity index (χ1n) is 5.63. The number of halogens is 3. The van der Waals surface area contributed by atoms with E-state index in [1.807, 2.05) is 0 Å². The number of hydrogen-bond donors (Lipinski definition) is 1. The molecule has 0 fully saturated rings. The molecule has 0 radical (unpaired) electrons. The number of nitrogens with two attached hydrogens (primary N) is 1. The molecule has 0 amide bonds. The Hall–Kier alpha value is -2.50. The molecular weight excluding hydrogens is 271 g/mol. The highest BCUT2D eigenvalue weighted by Gasteiger charge is 2.13. The van der Waals surface area contributed by atoms with Crippen molar-refractivity contribution in [3.8, 4) is 0 Å². The van der Waals surface area contributed by atoms with E-state index in [1.165, 1.54) is 18.2 Å². The average molecular weight is 281 g/mol. The van der Waals surface area contributed by atoms with Crippen molar-refractivity contribution in [3.05, 3.63) is 65.0 Å². The van der Waals surface area contributed by atoms with Gasteiger partial charge >= 0.3 is 5.97 Å². The Balaban J connectivity index is 2.10. The molecule has 2 aromatic carbocycles. The highest BCUT2D eigenvalue weighted by atomic mass is 19.2. The van der Waals surface area contributed by atoms with Crippen LogP contribution in [0.15, 0.2) is 36.4 Å². The second-order valence-corrected chi connectivity index (χ2v) is 4.06. The minimum absolute atomic E-state index is 0.0638. The summed E-state index contributed by atoms with van der Waals surface area (Å²) in [4.78, 5) is 11.7. The molecule has 2 aromatic rings. The van der Waals surface area contributed by atoms with Crippen LogP contribution in [0, 0.1) is 17.5 Å². The zero-order chi connectivity index (χ0) is 14.7. The second-order valence-electron chi connectivity index (χ2n) is 4.06. The lowest BCUT2D eigenvalue weighted by Crippen LogP contribution is -2.08. The Morgan fingerprint density at radius 3 is 2.60 bits per heavy atom. The molecule has 20 heavy (non-hydrogen) atoms. The van der Waals surface area contributed by atoms with Crippen molar-refractivity contribution in [2.24, 2.45) is 0 Å². The van der Waals surface area contributed by atoms with Crippen LogP contribution in [0.4, 0.5) is 18.9 Å². The smallest absolute Gasteiger partial charge is 0.338 e. The van der Waals surface area contributed by atoms with Gasteiger partial charge in [0.25, 0.3) is 0 Å². The van der Waals surface area contributed by atoms with Gasteiger partial charge in [0.15, 0.2) is 11.6 Å². The Morgan fingerprint density at radius 1 is 1.15 bits per heavy atom. The Kier molecular flexibility index (Phi) is 3.93. The van der Waals surface area contributed by atoms with Crippen molar-refractivity contribution in [1.29, 1.82) is 0 Å². The summed E-state index contributed by atoms with van der Waals surface area (Å²) >= 11 is 0. The molecule has 104 valence electrons. The van der Waals surface area contributed by atoms with Crippen LogP contribution in [0.2, 0.25) is 0 Å². The van der Waals surface area contributed by atoms with Crippen LogP contribution in [0.1, 0.15) is 15.9 Å². The van der Waals surface area contributed by atoms with Crippen molar-refractivity contribution in [1.82, 2.24) is 0 Å².